The van der Waals surface area contributed by atoms with Crippen LogP contribution in [0.25, 0.3) is 0 Å². The molecule has 0 saturated carbocycles. The number of anilines is 1. The van der Waals surface area contributed by atoms with E-state index in [9.17, 15) is 21.6 Å². The molecule has 33 heavy (non-hydrogen) atoms. The first kappa shape index (κ1) is 25.4. The third-order valence-corrected chi connectivity index (χ3v) is 8.98. The van der Waals surface area contributed by atoms with Gasteiger partial charge in [0.05, 0.1) is 9.79 Å². The number of hydrogen-bond acceptors (Lipinski definition) is 5. The first-order valence-electron chi connectivity index (χ1n) is 11.2. The van der Waals surface area contributed by atoms with E-state index in [1.54, 1.807) is 25.1 Å². The fourth-order valence-electron chi connectivity index (χ4n) is 3.67. The average molecular weight is 494 g/mol. The maximum absolute atomic E-state index is 13.0. The molecule has 1 heterocycles. The van der Waals surface area contributed by atoms with Crippen LogP contribution in [-0.2, 0) is 20.0 Å². The van der Waals surface area contributed by atoms with Crippen LogP contribution in [0.3, 0.4) is 0 Å². The van der Waals surface area contributed by atoms with Gasteiger partial charge in [0.1, 0.15) is 0 Å². The minimum Gasteiger partial charge on any atom is -0.322 e. The third-order valence-electron chi connectivity index (χ3n) is 5.63. The van der Waals surface area contributed by atoms with Gasteiger partial charge in [-0.05, 0) is 62.1 Å². The molecule has 1 amide bonds. The molecule has 8 nitrogen and oxygen atoms in total. The van der Waals surface area contributed by atoms with E-state index < -0.39 is 26.0 Å². The van der Waals surface area contributed by atoms with Gasteiger partial charge in [0, 0.05) is 30.9 Å². The van der Waals surface area contributed by atoms with Crippen LogP contribution in [0.2, 0.25) is 0 Å². The molecule has 2 N–H and O–H groups in total. The van der Waals surface area contributed by atoms with E-state index in [0.29, 0.717) is 30.9 Å². The highest BCUT2D eigenvalue weighted by atomic mass is 32.2. The summed E-state index contributed by atoms with van der Waals surface area (Å²) in [6, 6.07) is 10.5. The molecule has 0 spiro atoms. The van der Waals surface area contributed by atoms with Gasteiger partial charge in [0.25, 0.3) is 5.91 Å². The topological polar surface area (TPSA) is 113 Å². The van der Waals surface area contributed by atoms with E-state index in [1.165, 1.54) is 28.6 Å². The minimum atomic E-state index is -3.69. The number of carbonyl (C=O) groups excluding carboxylic acids is 1. The number of amides is 1. The minimum absolute atomic E-state index is 0.0505. The molecule has 1 saturated heterocycles. The number of nitrogens with zero attached hydrogens (tertiary/aromatic N) is 1. The second-order valence-electron chi connectivity index (χ2n) is 8.17. The van der Waals surface area contributed by atoms with Crippen molar-refractivity contribution < 1.29 is 21.6 Å². The standard InChI is InChI=1S/C23H31N3O5S2/c1-3-4-13-24-32(28,29)20-10-8-9-19(16-20)25-23(27)22-17-21(12-11-18(22)2)33(30,31)26-14-6-5-7-15-26/h8-12,16-17,24H,3-7,13-15H2,1-2H3,(H,25,27). The third kappa shape index (κ3) is 6.20. The normalized spacial score (nSPS) is 15.3. The molecule has 1 aliphatic heterocycles. The smallest absolute Gasteiger partial charge is 0.255 e. The van der Waals surface area contributed by atoms with Crippen LogP contribution in [0, 0.1) is 6.92 Å². The van der Waals surface area contributed by atoms with E-state index >= 15 is 0 Å². The Balaban J connectivity index is 1.81. The zero-order chi connectivity index (χ0) is 24.1. The number of rotatable bonds is 9. The fraction of sp³-hybridized carbons (Fsp3) is 0.435. The lowest BCUT2D eigenvalue weighted by atomic mass is 10.1. The molecule has 0 aliphatic carbocycles. The monoisotopic (exact) mass is 493 g/mol. The van der Waals surface area contributed by atoms with Crippen molar-refractivity contribution in [2.24, 2.45) is 0 Å². The number of benzene rings is 2. The quantitative estimate of drug-likeness (QED) is 0.519. The molecule has 0 bridgehead atoms. The highest BCUT2D eigenvalue weighted by Crippen LogP contribution is 2.24. The molecule has 10 heteroatoms. The Kier molecular flexibility index (Phi) is 8.28. The Bertz CT molecular complexity index is 1200. The summed E-state index contributed by atoms with van der Waals surface area (Å²) in [5, 5.41) is 2.70. The summed E-state index contributed by atoms with van der Waals surface area (Å²) in [7, 11) is -7.37. The van der Waals surface area contributed by atoms with Crippen LogP contribution in [0.4, 0.5) is 5.69 Å². The largest absolute Gasteiger partial charge is 0.322 e. The summed E-state index contributed by atoms with van der Waals surface area (Å²) < 4.78 is 55.0. The molecule has 3 rings (SSSR count). The Morgan fingerprint density at radius 2 is 1.70 bits per heavy atom. The van der Waals surface area contributed by atoms with Gasteiger partial charge in [-0.15, -0.1) is 0 Å². The van der Waals surface area contributed by atoms with Gasteiger partial charge in [-0.1, -0.05) is 31.9 Å². The van der Waals surface area contributed by atoms with Gasteiger partial charge >= 0.3 is 0 Å². The SMILES string of the molecule is CCCCNS(=O)(=O)c1cccc(NC(=O)c2cc(S(=O)(=O)N3CCCCC3)ccc2C)c1. The summed E-state index contributed by atoms with van der Waals surface area (Å²) in [6.45, 7) is 4.99. The number of piperidine rings is 1. The van der Waals surface area contributed by atoms with E-state index in [-0.39, 0.29) is 15.4 Å². The molecule has 1 fully saturated rings. The van der Waals surface area contributed by atoms with E-state index in [2.05, 4.69) is 10.0 Å². The van der Waals surface area contributed by atoms with Gasteiger partial charge in [-0.3, -0.25) is 4.79 Å². The molecule has 2 aromatic carbocycles. The second kappa shape index (κ2) is 10.8. The second-order valence-corrected chi connectivity index (χ2v) is 11.9. The molecule has 180 valence electrons. The fourth-order valence-corrected chi connectivity index (χ4v) is 6.33. The van der Waals surface area contributed by atoms with Crippen LogP contribution in [0.5, 0.6) is 0 Å². The lowest BCUT2D eigenvalue weighted by molar-refractivity contribution is 0.102. The van der Waals surface area contributed by atoms with Gasteiger partial charge in [0.2, 0.25) is 20.0 Å². The van der Waals surface area contributed by atoms with Gasteiger partial charge in [-0.2, -0.15) is 4.31 Å². The molecule has 1 aliphatic rings. The Hall–Kier alpha value is -2.27. The van der Waals surface area contributed by atoms with Crippen LogP contribution < -0.4 is 10.0 Å². The number of carbonyl (C=O) groups is 1. The molecule has 2 aromatic rings. The molecular weight excluding hydrogens is 462 g/mol. The molecule has 0 radical (unpaired) electrons. The first-order valence-corrected chi connectivity index (χ1v) is 14.1. The highest BCUT2D eigenvalue weighted by Gasteiger charge is 2.27. The van der Waals surface area contributed by atoms with Crippen molar-refractivity contribution in [1.29, 1.82) is 0 Å². The summed E-state index contributed by atoms with van der Waals surface area (Å²) in [6.07, 6.45) is 4.25. The zero-order valence-corrected chi connectivity index (χ0v) is 20.6. The number of aryl methyl sites for hydroxylation is 1. The van der Waals surface area contributed by atoms with E-state index in [0.717, 1.165) is 32.1 Å². The van der Waals surface area contributed by atoms with Crippen LogP contribution >= 0.6 is 0 Å². The van der Waals surface area contributed by atoms with Gasteiger partial charge < -0.3 is 5.32 Å². The summed E-state index contributed by atoms with van der Waals surface area (Å²) in [4.78, 5) is 13.1. The number of nitrogens with one attached hydrogen (secondary N) is 2. The maximum Gasteiger partial charge on any atom is 0.255 e. The van der Waals surface area contributed by atoms with Crippen molar-refractivity contribution in [1.82, 2.24) is 9.03 Å². The number of sulfonamides is 2. The Labute approximate surface area is 196 Å². The van der Waals surface area contributed by atoms with Crippen LogP contribution in [0.1, 0.15) is 54.9 Å². The van der Waals surface area contributed by atoms with Crippen LogP contribution in [0.15, 0.2) is 52.3 Å². The molecule has 0 aromatic heterocycles. The summed E-state index contributed by atoms with van der Waals surface area (Å²) in [5.74, 6) is -0.503. The first-order chi connectivity index (χ1) is 15.6. The number of hydrogen-bond donors (Lipinski definition) is 2. The van der Waals surface area contributed by atoms with E-state index in [4.69, 9.17) is 0 Å². The summed E-state index contributed by atoms with van der Waals surface area (Å²) in [5.41, 5.74) is 1.15. The predicted octanol–water partition coefficient (Wildman–Crippen LogP) is 3.50. The van der Waals surface area contributed by atoms with Crippen molar-refractivity contribution in [3.05, 3.63) is 53.6 Å². The Morgan fingerprint density at radius 1 is 0.970 bits per heavy atom. The van der Waals surface area contributed by atoms with Crippen molar-refractivity contribution in [2.45, 2.75) is 55.7 Å². The van der Waals surface area contributed by atoms with Crippen molar-refractivity contribution in [3.8, 4) is 0 Å². The number of unbranched alkanes of at least 4 members (excludes halogenated alkanes) is 1. The lowest BCUT2D eigenvalue weighted by Gasteiger charge is -2.26. The van der Waals surface area contributed by atoms with Crippen LogP contribution in [-0.4, -0.2) is 46.7 Å². The van der Waals surface area contributed by atoms with E-state index in [1.807, 2.05) is 6.92 Å². The lowest BCUT2D eigenvalue weighted by Crippen LogP contribution is -2.35. The molecule has 0 atom stereocenters. The van der Waals surface area contributed by atoms with Gasteiger partial charge in [-0.25, -0.2) is 21.6 Å². The maximum atomic E-state index is 13.0. The molecule has 0 unspecified atom stereocenters. The van der Waals surface area contributed by atoms with Gasteiger partial charge in [0.15, 0.2) is 0 Å². The van der Waals surface area contributed by atoms with Crippen molar-refractivity contribution >= 4 is 31.6 Å². The zero-order valence-electron chi connectivity index (χ0n) is 19.0. The predicted molar refractivity (Wildman–Crippen MR) is 128 cm³/mol. The highest BCUT2D eigenvalue weighted by molar-refractivity contribution is 7.89. The Morgan fingerprint density at radius 3 is 2.39 bits per heavy atom. The van der Waals surface area contributed by atoms with Crippen molar-refractivity contribution in [3.63, 3.8) is 0 Å². The molecular formula is C23H31N3O5S2. The average Bonchev–Trinajstić information content (AvgIpc) is 2.80. The summed E-state index contributed by atoms with van der Waals surface area (Å²) >= 11 is 0. The van der Waals surface area contributed by atoms with Crippen molar-refractivity contribution in [2.75, 3.05) is 25.0 Å².